The van der Waals surface area contributed by atoms with Gasteiger partial charge in [-0.3, -0.25) is 4.79 Å². The highest BCUT2D eigenvalue weighted by atomic mass is 16.6. The monoisotopic (exact) mass is 307 g/mol. The van der Waals surface area contributed by atoms with Gasteiger partial charge in [0.2, 0.25) is 0 Å². The van der Waals surface area contributed by atoms with E-state index < -0.39 is 5.60 Å². The van der Waals surface area contributed by atoms with Crippen molar-refractivity contribution in [1.29, 1.82) is 0 Å². The molecule has 1 atom stereocenters. The van der Waals surface area contributed by atoms with Crippen LogP contribution in [0.5, 0.6) is 0 Å². The lowest BCUT2D eigenvalue weighted by molar-refractivity contribution is 0.0161. The molecular weight excluding hydrogens is 282 g/mol. The van der Waals surface area contributed by atoms with E-state index in [4.69, 9.17) is 9.15 Å². The van der Waals surface area contributed by atoms with Gasteiger partial charge in [-0.1, -0.05) is 12.8 Å². The zero-order valence-corrected chi connectivity index (χ0v) is 13.6. The van der Waals surface area contributed by atoms with Gasteiger partial charge in [0, 0.05) is 19.0 Å². The van der Waals surface area contributed by atoms with Crippen molar-refractivity contribution >= 4 is 11.9 Å². The van der Waals surface area contributed by atoms with Crippen LogP contribution in [0.15, 0.2) is 22.8 Å². The largest absolute Gasteiger partial charge is 0.461 e. The Labute approximate surface area is 131 Å². The number of ketones is 1. The summed E-state index contributed by atoms with van der Waals surface area (Å²) in [5, 5.41) is 0. The third kappa shape index (κ3) is 4.61. The first-order chi connectivity index (χ1) is 10.4. The fourth-order valence-electron chi connectivity index (χ4n) is 2.70. The predicted octanol–water partition coefficient (Wildman–Crippen LogP) is 4.03. The second-order valence-corrected chi connectivity index (χ2v) is 6.78. The molecule has 1 saturated heterocycles. The maximum atomic E-state index is 12.4. The minimum Gasteiger partial charge on any atom is -0.461 e. The normalized spacial score (nSPS) is 19.6. The van der Waals surface area contributed by atoms with Crippen LogP contribution in [0.3, 0.4) is 0 Å². The molecule has 5 nitrogen and oxygen atoms in total. The topological polar surface area (TPSA) is 59.8 Å². The summed E-state index contributed by atoms with van der Waals surface area (Å²) in [5.41, 5.74) is -0.529. The Balaban J connectivity index is 2.07. The van der Waals surface area contributed by atoms with E-state index in [1.807, 2.05) is 20.8 Å². The number of ether oxygens (including phenoxy) is 1. The van der Waals surface area contributed by atoms with Gasteiger partial charge in [0.15, 0.2) is 11.5 Å². The number of hydrogen-bond donors (Lipinski definition) is 0. The molecule has 0 unspecified atom stereocenters. The highest BCUT2D eigenvalue weighted by Gasteiger charge is 2.31. The molecular formula is C17H25NO4. The molecule has 22 heavy (non-hydrogen) atoms. The van der Waals surface area contributed by atoms with Gasteiger partial charge >= 0.3 is 6.09 Å². The zero-order chi connectivity index (χ0) is 16.2. The van der Waals surface area contributed by atoms with E-state index in [1.165, 1.54) is 6.26 Å². The first-order valence-corrected chi connectivity index (χ1v) is 7.93. The predicted molar refractivity (Wildman–Crippen MR) is 82.9 cm³/mol. The van der Waals surface area contributed by atoms with Gasteiger partial charge < -0.3 is 14.1 Å². The second kappa shape index (κ2) is 6.99. The van der Waals surface area contributed by atoms with Crippen molar-refractivity contribution in [2.75, 3.05) is 6.54 Å². The summed E-state index contributed by atoms with van der Waals surface area (Å²) in [6.07, 6.45) is 5.32. The number of carbonyl (C=O) groups is 2. The van der Waals surface area contributed by atoms with Crippen molar-refractivity contribution in [2.45, 2.75) is 64.5 Å². The lowest BCUT2D eigenvalue weighted by Gasteiger charge is -2.32. The average molecular weight is 307 g/mol. The van der Waals surface area contributed by atoms with Crippen molar-refractivity contribution in [3.8, 4) is 0 Å². The molecule has 122 valence electrons. The van der Waals surface area contributed by atoms with Crippen LogP contribution in [0.4, 0.5) is 4.79 Å². The molecule has 2 rings (SSSR count). The summed E-state index contributed by atoms with van der Waals surface area (Å²) in [6, 6.07) is 3.25. The number of Topliss-reactive ketones (excluding diaryl/α,β-unsaturated/α-hetero) is 1. The van der Waals surface area contributed by atoms with E-state index in [9.17, 15) is 9.59 Å². The van der Waals surface area contributed by atoms with Crippen LogP contribution in [0, 0.1) is 0 Å². The SMILES string of the molecule is CC(C)(C)OC(=O)N1CCCCC[C@H]1CC(=O)c1ccco1. The Morgan fingerprint density at radius 1 is 1.32 bits per heavy atom. The highest BCUT2D eigenvalue weighted by molar-refractivity contribution is 5.94. The fraction of sp³-hybridized carbons (Fsp3) is 0.647. The van der Waals surface area contributed by atoms with Gasteiger partial charge in [-0.15, -0.1) is 0 Å². The number of rotatable bonds is 3. The molecule has 0 bridgehead atoms. The molecule has 1 aromatic rings. The van der Waals surface area contributed by atoms with Crippen molar-refractivity contribution in [3.05, 3.63) is 24.2 Å². The number of carbonyl (C=O) groups excluding carboxylic acids is 2. The van der Waals surface area contributed by atoms with Crippen LogP contribution in [0.25, 0.3) is 0 Å². The molecule has 0 aromatic carbocycles. The molecule has 0 saturated carbocycles. The Kier molecular flexibility index (Phi) is 5.27. The molecule has 1 fully saturated rings. The number of hydrogen-bond acceptors (Lipinski definition) is 4. The van der Waals surface area contributed by atoms with Crippen LogP contribution in [0.1, 0.15) is 63.4 Å². The third-order valence-corrected chi connectivity index (χ3v) is 3.72. The molecule has 0 spiro atoms. The number of nitrogens with zero attached hydrogens (tertiary/aromatic N) is 1. The molecule has 1 aliphatic rings. The van der Waals surface area contributed by atoms with Crippen molar-refractivity contribution < 1.29 is 18.7 Å². The van der Waals surface area contributed by atoms with Crippen LogP contribution in [-0.2, 0) is 4.74 Å². The van der Waals surface area contributed by atoms with Crippen LogP contribution < -0.4 is 0 Å². The Bertz CT molecular complexity index is 501. The molecule has 1 aliphatic heterocycles. The van der Waals surface area contributed by atoms with Gasteiger partial charge in [0.05, 0.1) is 6.26 Å². The van der Waals surface area contributed by atoms with Crippen molar-refractivity contribution in [2.24, 2.45) is 0 Å². The molecule has 5 heteroatoms. The van der Waals surface area contributed by atoms with Crippen LogP contribution in [0.2, 0.25) is 0 Å². The highest BCUT2D eigenvalue weighted by Crippen LogP contribution is 2.23. The van der Waals surface area contributed by atoms with E-state index in [0.717, 1.165) is 25.7 Å². The van der Waals surface area contributed by atoms with E-state index in [2.05, 4.69) is 0 Å². The summed E-state index contributed by atoms with van der Waals surface area (Å²) in [7, 11) is 0. The molecule has 1 aromatic heterocycles. The molecule has 0 aliphatic carbocycles. The molecule has 0 radical (unpaired) electrons. The number of likely N-dealkylation sites (tertiary alicyclic amines) is 1. The minimum atomic E-state index is -0.529. The second-order valence-electron chi connectivity index (χ2n) is 6.78. The van der Waals surface area contributed by atoms with Crippen LogP contribution >= 0.6 is 0 Å². The maximum Gasteiger partial charge on any atom is 0.410 e. The quantitative estimate of drug-likeness (QED) is 0.791. The van der Waals surface area contributed by atoms with Gasteiger partial charge in [0.1, 0.15) is 5.60 Å². The van der Waals surface area contributed by atoms with Gasteiger partial charge in [-0.2, -0.15) is 0 Å². The molecule has 2 heterocycles. The summed E-state index contributed by atoms with van der Waals surface area (Å²) in [6.45, 7) is 6.20. The van der Waals surface area contributed by atoms with Crippen molar-refractivity contribution in [3.63, 3.8) is 0 Å². The molecule has 0 N–H and O–H groups in total. The average Bonchev–Trinajstić information content (AvgIpc) is 2.84. The van der Waals surface area contributed by atoms with Gasteiger partial charge in [-0.25, -0.2) is 4.79 Å². The summed E-state index contributed by atoms with van der Waals surface area (Å²) < 4.78 is 10.6. The summed E-state index contributed by atoms with van der Waals surface area (Å²) in [5.74, 6) is 0.291. The van der Waals surface area contributed by atoms with E-state index in [-0.39, 0.29) is 24.3 Å². The lowest BCUT2D eigenvalue weighted by atomic mass is 10.0. The summed E-state index contributed by atoms with van der Waals surface area (Å²) in [4.78, 5) is 26.4. The van der Waals surface area contributed by atoms with E-state index in [1.54, 1.807) is 17.0 Å². The zero-order valence-electron chi connectivity index (χ0n) is 13.6. The Morgan fingerprint density at radius 3 is 2.73 bits per heavy atom. The van der Waals surface area contributed by atoms with Crippen LogP contribution in [-0.4, -0.2) is 35.0 Å². The lowest BCUT2D eigenvalue weighted by Crippen LogP contribution is -2.44. The smallest absolute Gasteiger partial charge is 0.410 e. The Morgan fingerprint density at radius 2 is 2.09 bits per heavy atom. The molecule has 1 amide bonds. The van der Waals surface area contributed by atoms with Gasteiger partial charge in [-0.05, 0) is 45.7 Å². The van der Waals surface area contributed by atoms with Crippen molar-refractivity contribution in [1.82, 2.24) is 4.90 Å². The maximum absolute atomic E-state index is 12.4. The number of amides is 1. The van der Waals surface area contributed by atoms with Gasteiger partial charge in [0.25, 0.3) is 0 Å². The standard InChI is InChI=1S/C17H25NO4/c1-17(2,3)22-16(20)18-10-6-4-5-8-13(18)12-14(19)15-9-7-11-21-15/h7,9,11,13H,4-6,8,10,12H2,1-3H3/t13-/m0/s1. The summed E-state index contributed by atoms with van der Waals surface area (Å²) >= 11 is 0. The fourth-order valence-corrected chi connectivity index (χ4v) is 2.70. The number of furan rings is 1. The Hall–Kier alpha value is -1.78. The first-order valence-electron chi connectivity index (χ1n) is 7.93. The first kappa shape index (κ1) is 16.6. The minimum absolute atomic E-state index is 0.0644. The van der Waals surface area contributed by atoms with E-state index in [0.29, 0.717) is 12.3 Å². The van der Waals surface area contributed by atoms with E-state index >= 15 is 0 Å². The third-order valence-electron chi connectivity index (χ3n) is 3.72.